The lowest BCUT2D eigenvalue weighted by Gasteiger charge is -2.13. The second-order valence-corrected chi connectivity index (χ2v) is 4.88. The minimum Gasteiger partial charge on any atom is -0.307 e. The average molecular weight is 314 g/mol. The number of hydrogen-bond donors (Lipinski definition) is 2. The number of halogens is 3. The van der Waals surface area contributed by atoms with Crippen LogP contribution >= 0.6 is 11.3 Å². The quantitative estimate of drug-likeness (QED) is 0.887. The Balaban J connectivity index is 2.09. The molecule has 0 saturated heterocycles. The molecule has 8 heteroatoms. The lowest BCUT2D eigenvalue weighted by atomic mass is 10.1. The lowest BCUT2D eigenvalue weighted by molar-refractivity contribution is -0.136. The maximum atomic E-state index is 12.7. The number of benzene rings is 1. The van der Waals surface area contributed by atoms with Crippen molar-refractivity contribution in [2.24, 2.45) is 0 Å². The Morgan fingerprint density at radius 2 is 1.76 bits per heavy atom. The Kier molecular flexibility index (Phi) is 4.27. The topological polar surface area (TPSA) is 58.2 Å². The van der Waals surface area contributed by atoms with Crippen LogP contribution in [0.25, 0.3) is 0 Å². The third kappa shape index (κ3) is 3.82. The minimum atomic E-state index is -4.60. The third-order valence-electron chi connectivity index (χ3n) is 2.45. The summed E-state index contributed by atoms with van der Waals surface area (Å²) in [6.45, 7) is 0. The molecule has 2 aromatic rings. The molecule has 0 saturated carbocycles. The first kappa shape index (κ1) is 15.0. The van der Waals surface area contributed by atoms with Gasteiger partial charge in [-0.3, -0.25) is 10.1 Å². The number of anilines is 1. The van der Waals surface area contributed by atoms with E-state index in [1.807, 2.05) is 10.6 Å². The molecule has 2 N–H and O–H groups in total. The van der Waals surface area contributed by atoms with E-state index in [9.17, 15) is 22.8 Å². The number of hydrogen-bond acceptors (Lipinski definition) is 3. The number of carbonyl (C=O) groups is 2. The van der Waals surface area contributed by atoms with E-state index in [-0.39, 0.29) is 4.88 Å². The maximum Gasteiger partial charge on any atom is 0.418 e. The molecule has 0 atom stereocenters. The van der Waals surface area contributed by atoms with E-state index < -0.39 is 29.4 Å². The molecule has 1 heterocycles. The molecular formula is C13H9F3N2O2S. The second kappa shape index (κ2) is 5.96. The van der Waals surface area contributed by atoms with Gasteiger partial charge in [-0.25, -0.2) is 4.79 Å². The molecule has 0 spiro atoms. The molecule has 110 valence electrons. The number of amides is 3. The molecule has 0 bridgehead atoms. The fourth-order valence-corrected chi connectivity index (χ4v) is 2.18. The van der Waals surface area contributed by atoms with E-state index in [1.165, 1.54) is 18.2 Å². The molecule has 1 aromatic carbocycles. The van der Waals surface area contributed by atoms with Crippen LogP contribution in [0.5, 0.6) is 0 Å². The molecule has 3 amide bonds. The third-order valence-corrected chi connectivity index (χ3v) is 3.32. The highest BCUT2D eigenvalue weighted by atomic mass is 32.1. The van der Waals surface area contributed by atoms with Crippen LogP contribution in [0, 0.1) is 0 Å². The van der Waals surface area contributed by atoms with E-state index in [0.717, 1.165) is 23.5 Å². The van der Waals surface area contributed by atoms with Crippen LogP contribution in [-0.4, -0.2) is 11.9 Å². The molecule has 0 fully saturated rings. The van der Waals surface area contributed by atoms with Crippen molar-refractivity contribution < 1.29 is 22.8 Å². The van der Waals surface area contributed by atoms with Crippen molar-refractivity contribution in [2.45, 2.75) is 6.18 Å². The number of thiophene rings is 1. The van der Waals surface area contributed by atoms with Crippen molar-refractivity contribution in [2.75, 3.05) is 5.32 Å². The van der Waals surface area contributed by atoms with Crippen LogP contribution in [-0.2, 0) is 6.18 Å². The molecule has 4 nitrogen and oxygen atoms in total. The van der Waals surface area contributed by atoms with Crippen molar-refractivity contribution >= 4 is 29.0 Å². The highest BCUT2D eigenvalue weighted by molar-refractivity contribution is 7.12. The van der Waals surface area contributed by atoms with Crippen molar-refractivity contribution in [3.05, 3.63) is 52.2 Å². The van der Waals surface area contributed by atoms with E-state index in [4.69, 9.17) is 0 Å². The smallest absolute Gasteiger partial charge is 0.307 e. The van der Waals surface area contributed by atoms with Gasteiger partial charge in [-0.2, -0.15) is 13.2 Å². The molecule has 2 rings (SSSR count). The summed E-state index contributed by atoms with van der Waals surface area (Å²) in [6, 6.07) is 6.61. The van der Waals surface area contributed by atoms with Gasteiger partial charge in [0.1, 0.15) is 0 Å². The summed E-state index contributed by atoms with van der Waals surface area (Å²) in [4.78, 5) is 23.5. The lowest BCUT2D eigenvalue weighted by Crippen LogP contribution is -2.34. The molecule has 0 radical (unpaired) electrons. The van der Waals surface area contributed by atoms with Gasteiger partial charge in [-0.1, -0.05) is 18.2 Å². The molecule has 0 aliphatic rings. The highest BCUT2D eigenvalue weighted by Gasteiger charge is 2.33. The van der Waals surface area contributed by atoms with E-state index >= 15 is 0 Å². The molecule has 0 aliphatic heterocycles. The van der Waals surface area contributed by atoms with Gasteiger partial charge < -0.3 is 5.32 Å². The van der Waals surface area contributed by atoms with Gasteiger partial charge in [-0.15, -0.1) is 11.3 Å². The van der Waals surface area contributed by atoms with Crippen molar-refractivity contribution in [1.82, 2.24) is 5.32 Å². The summed E-state index contributed by atoms with van der Waals surface area (Å²) >= 11 is 1.11. The predicted octanol–water partition coefficient (Wildman–Crippen LogP) is 3.73. The first-order valence-corrected chi connectivity index (χ1v) is 6.58. The van der Waals surface area contributed by atoms with Gasteiger partial charge in [0.15, 0.2) is 0 Å². The summed E-state index contributed by atoms with van der Waals surface area (Å²) in [5.74, 6) is -0.674. The number of urea groups is 1. The van der Waals surface area contributed by atoms with Crippen LogP contribution in [0.1, 0.15) is 15.2 Å². The normalized spacial score (nSPS) is 11.0. The number of carbonyl (C=O) groups excluding carboxylic acids is 2. The monoisotopic (exact) mass is 314 g/mol. The summed E-state index contributed by atoms with van der Waals surface area (Å²) < 4.78 is 38.2. The fraction of sp³-hybridized carbons (Fsp3) is 0.0769. The number of alkyl halides is 3. The van der Waals surface area contributed by atoms with Crippen molar-refractivity contribution in [3.63, 3.8) is 0 Å². The summed E-state index contributed by atoms with van der Waals surface area (Å²) in [5, 5.41) is 5.63. The van der Waals surface area contributed by atoms with E-state index in [1.54, 1.807) is 11.4 Å². The Morgan fingerprint density at radius 3 is 2.38 bits per heavy atom. The summed E-state index contributed by atoms with van der Waals surface area (Å²) in [5.41, 5.74) is -1.40. The number of rotatable bonds is 2. The number of para-hydroxylation sites is 1. The van der Waals surface area contributed by atoms with Crippen molar-refractivity contribution in [1.29, 1.82) is 0 Å². The zero-order valence-corrected chi connectivity index (χ0v) is 11.2. The Morgan fingerprint density at radius 1 is 1.05 bits per heavy atom. The van der Waals surface area contributed by atoms with E-state index in [0.29, 0.717) is 0 Å². The van der Waals surface area contributed by atoms with Gasteiger partial charge >= 0.3 is 12.2 Å². The zero-order valence-electron chi connectivity index (χ0n) is 10.4. The molecule has 21 heavy (non-hydrogen) atoms. The standard InChI is InChI=1S/C13H9F3N2O2S/c14-13(15,16)8-4-1-2-5-9(8)17-12(20)18-11(19)10-6-3-7-21-10/h1-7H,(H2,17,18,19,20). The van der Waals surface area contributed by atoms with Crippen molar-refractivity contribution in [3.8, 4) is 0 Å². The SMILES string of the molecule is O=C(NC(=O)c1cccs1)Nc1ccccc1C(F)(F)F. The number of nitrogens with one attached hydrogen (secondary N) is 2. The molecular weight excluding hydrogens is 305 g/mol. The minimum absolute atomic E-state index is 0.286. The van der Waals surface area contributed by atoms with Gasteiger partial charge in [0.2, 0.25) is 0 Å². The average Bonchev–Trinajstić information content (AvgIpc) is 2.91. The van der Waals surface area contributed by atoms with Crippen LogP contribution < -0.4 is 10.6 Å². The van der Waals surface area contributed by atoms with Crippen LogP contribution in [0.4, 0.5) is 23.7 Å². The molecule has 0 aliphatic carbocycles. The largest absolute Gasteiger partial charge is 0.418 e. The van der Waals surface area contributed by atoms with Gasteiger partial charge in [0.05, 0.1) is 16.1 Å². The maximum absolute atomic E-state index is 12.7. The van der Waals surface area contributed by atoms with E-state index in [2.05, 4.69) is 0 Å². The number of imide groups is 1. The van der Waals surface area contributed by atoms with Gasteiger partial charge in [0.25, 0.3) is 5.91 Å². The first-order chi connectivity index (χ1) is 9.88. The first-order valence-electron chi connectivity index (χ1n) is 5.70. The molecule has 1 aromatic heterocycles. The fourth-order valence-electron chi connectivity index (χ4n) is 1.57. The summed E-state index contributed by atoms with van der Waals surface area (Å²) in [6.07, 6.45) is -4.60. The van der Waals surface area contributed by atoms with Crippen LogP contribution in [0.3, 0.4) is 0 Å². The second-order valence-electron chi connectivity index (χ2n) is 3.93. The zero-order chi connectivity index (χ0) is 15.5. The Labute approximate surface area is 121 Å². The Bertz CT molecular complexity index is 654. The highest BCUT2D eigenvalue weighted by Crippen LogP contribution is 2.34. The van der Waals surface area contributed by atoms with Crippen LogP contribution in [0.2, 0.25) is 0 Å². The van der Waals surface area contributed by atoms with Gasteiger partial charge in [0, 0.05) is 0 Å². The Hall–Kier alpha value is -2.35. The van der Waals surface area contributed by atoms with Crippen LogP contribution in [0.15, 0.2) is 41.8 Å². The van der Waals surface area contributed by atoms with Gasteiger partial charge in [-0.05, 0) is 23.6 Å². The predicted molar refractivity (Wildman–Crippen MR) is 72.2 cm³/mol. The summed E-state index contributed by atoms with van der Waals surface area (Å²) in [7, 11) is 0. The molecule has 0 unspecified atom stereocenters.